The van der Waals surface area contributed by atoms with Crippen molar-refractivity contribution in [2.45, 2.75) is 44.4 Å². The van der Waals surface area contributed by atoms with Crippen LogP contribution in [0, 0.1) is 11.3 Å². The molecule has 0 atom stereocenters. The first kappa shape index (κ1) is 15.4. The van der Waals surface area contributed by atoms with E-state index in [2.05, 4.69) is 20.9 Å². The summed E-state index contributed by atoms with van der Waals surface area (Å²) >= 11 is 0. The van der Waals surface area contributed by atoms with Crippen molar-refractivity contribution in [3.63, 3.8) is 0 Å². The second-order valence-corrected chi connectivity index (χ2v) is 6.42. The van der Waals surface area contributed by atoms with Gasteiger partial charge in [-0.25, -0.2) is 0 Å². The highest BCUT2D eigenvalue weighted by Gasteiger charge is 2.27. The van der Waals surface area contributed by atoms with Crippen LogP contribution in [0.3, 0.4) is 0 Å². The third-order valence-corrected chi connectivity index (χ3v) is 4.90. The van der Waals surface area contributed by atoms with Gasteiger partial charge in [0.25, 0.3) is 0 Å². The summed E-state index contributed by atoms with van der Waals surface area (Å²) in [7, 11) is 0. The largest absolute Gasteiger partial charge is 0.393 e. The molecule has 0 radical (unpaired) electrons. The molecule has 2 aliphatic rings. The van der Waals surface area contributed by atoms with Crippen molar-refractivity contribution >= 4 is 0 Å². The number of nitriles is 1. The van der Waals surface area contributed by atoms with Gasteiger partial charge in [0.05, 0.1) is 23.4 Å². The molecule has 2 aliphatic heterocycles. The minimum absolute atomic E-state index is 0.0881. The normalized spacial score (nSPS) is 22.5. The maximum Gasteiger partial charge on any atom is 0.0992 e. The van der Waals surface area contributed by atoms with E-state index in [0.717, 1.165) is 51.3 Å². The van der Waals surface area contributed by atoms with Gasteiger partial charge in [-0.1, -0.05) is 0 Å². The lowest BCUT2D eigenvalue weighted by molar-refractivity contribution is 0.0374. The maximum atomic E-state index is 9.61. The Bertz CT molecular complexity index is 526. The van der Waals surface area contributed by atoms with E-state index in [1.807, 2.05) is 6.07 Å². The number of hydrogen-bond donors (Lipinski definition) is 1. The van der Waals surface area contributed by atoms with E-state index < -0.39 is 0 Å². The first-order chi connectivity index (χ1) is 10.7. The summed E-state index contributed by atoms with van der Waals surface area (Å²) in [6.45, 7) is 5.08. The summed E-state index contributed by atoms with van der Waals surface area (Å²) in [6, 6.07) is 6.48. The highest BCUT2D eigenvalue weighted by atomic mass is 16.3. The minimum atomic E-state index is -0.0881. The van der Waals surface area contributed by atoms with Crippen molar-refractivity contribution in [3.8, 4) is 6.07 Å². The van der Waals surface area contributed by atoms with Gasteiger partial charge in [-0.3, -0.25) is 9.88 Å². The fourth-order valence-electron chi connectivity index (χ4n) is 3.56. The summed E-state index contributed by atoms with van der Waals surface area (Å²) in [5.41, 5.74) is 1.67. The topological polar surface area (TPSA) is 63.4 Å². The van der Waals surface area contributed by atoms with Gasteiger partial charge in [-0.2, -0.15) is 5.26 Å². The van der Waals surface area contributed by atoms with E-state index >= 15 is 0 Å². The standard InChI is InChI=1S/C17H24N4O/c18-12-14-1-6-19-15(11-14)13-20-7-2-16(3-8-20)21-9-4-17(22)5-10-21/h1,6,11,16-17,22H,2-5,7-10,13H2. The average Bonchev–Trinajstić information content (AvgIpc) is 2.57. The Morgan fingerprint density at radius 3 is 2.59 bits per heavy atom. The Kier molecular flexibility index (Phi) is 5.04. The van der Waals surface area contributed by atoms with Crippen molar-refractivity contribution < 1.29 is 5.11 Å². The van der Waals surface area contributed by atoms with Gasteiger partial charge in [-0.05, 0) is 37.8 Å². The van der Waals surface area contributed by atoms with Gasteiger partial charge in [0.15, 0.2) is 0 Å². The number of aliphatic hydroxyl groups is 1. The Hall–Kier alpha value is -1.48. The quantitative estimate of drug-likeness (QED) is 0.913. The summed E-state index contributed by atoms with van der Waals surface area (Å²) in [6.07, 6.45) is 5.85. The molecule has 2 fully saturated rings. The lowest BCUT2D eigenvalue weighted by atomic mass is 9.99. The average molecular weight is 300 g/mol. The molecule has 1 N–H and O–H groups in total. The van der Waals surface area contributed by atoms with E-state index in [9.17, 15) is 5.11 Å². The van der Waals surface area contributed by atoms with Crippen LogP contribution < -0.4 is 0 Å². The van der Waals surface area contributed by atoms with Gasteiger partial charge in [0.1, 0.15) is 0 Å². The molecule has 3 rings (SSSR count). The molecular weight excluding hydrogens is 276 g/mol. The van der Waals surface area contributed by atoms with Gasteiger partial charge < -0.3 is 10.0 Å². The number of likely N-dealkylation sites (tertiary alicyclic amines) is 2. The molecular formula is C17H24N4O. The van der Waals surface area contributed by atoms with Crippen LogP contribution in [0.5, 0.6) is 0 Å². The molecule has 118 valence electrons. The summed E-state index contributed by atoms with van der Waals surface area (Å²) in [4.78, 5) is 9.35. The van der Waals surface area contributed by atoms with E-state index in [1.54, 1.807) is 12.3 Å². The minimum Gasteiger partial charge on any atom is -0.393 e. The Morgan fingerprint density at radius 2 is 1.91 bits per heavy atom. The van der Waals surface area contributed by atoms with E-state index in [0.29, 0.717) is 11.6 Å². The number of hydrogen-bond acceptors (Lipinski definition) is 5. The molecule has 0 bridgehead atoms. The molecule has 0 aliphatic carbocycles. The summed E-state index contributed by atoms with van der Waals surface area (Å²) in [5, 5.41) is 18.6. The summed E-state index contributed by atoms with van der Waals surface area (Å²) < 4.78 is 0. The van der Waals surface area contributed by atoms with Crippen molar-refractivity contribution in [1.82, 2.24) is 14.8 Å². The lowest BCUT2D eigenvalue weighted by Gasteiger charge is -2.41. The fourth-order valence-corrected chi connectivity index (χ4v) is 3.56. The zero-order chi connectivity index (χ0) is 15.4. The summed E-state index contributed by atoms with van der Waals surface area (Å²) in [5.74, 6) is 0. The molecule has 0 saturated carbocycles. The van der Waals surface area contributed by atoms with Gasteiger partial charge in [0, 0.05) is 45.0 Å². The smallest absolute Gasteiger partial charge is 0.0992 e. The second kappa shape index (κ2) is 7.19. The molecule has 5 heteroatoms. The van der Waals surface area contributed by atoms with Crippen LogP contribution in [-0.4, -0.2) is 58.2 Å². The van der Waals surface area contributed by atoms with Crippen LogP contribution in [0.4, 0.5) is 0 Å². The molecule has 5 nitrogen and oxygen atoms in total. The Labute approximate surface area is 132 Å². The molecule has 0 spiro atoms. The highest BCUT2D eigenvalue weighted by Crippen LogP contribution is 2.22. The number of pyridine rings is 1. The molecule has 2 saturated heterocycles. The molecule has 1 aromatic rings. The van der Waals surface area contributed by atoms with E-state index in [-0.39, 0.29) is 6.10 Å². The molecule has 0 aromatic carbocycles. The van der Waals surface area contributed by atoms with Crippen LogP contribution in [-0.2, 0) is 6.54 Å². The first-order valence-corrected chi connectivity index (χ1v) is 8.24. The van der Waals surface area contributed by atoms with Gasteiger partial charge >= 0.3 is 0 Å². The van der Waals surface area contributed by atoms with Crippen LogP contribution in [0.15, 0.2) is 18.3 Å². The molecule has 3 heterocycles. The fraction of sp³-hybridized carbons (Fsp3) is 0.647. The van der Waals surface area contributed by atoms with Crippen LogP contribution >= 0.6 is 0 Å². The number of aliphatic hydroxyl groups excluding tert-OH is 1. The van der Waals surface area contributed by atoms with Crippen LogP contribution in [0.2, 0.25) is 0 Å². The second-order valence-electron chi connectivity index (χ2n) is 6.42. The molecule has 0 unspecified atom stereocenters. The van der Waals surface area contributed by atoms with Gasteiger partial charge in [0.2, 0.25) is 0 Å². The van der Waals surface area contributed by atoms with Crippen LogP contribution in [0.25, 0.3) is 0 Å². The monoisotopic (exact) mass is 300 g/mol. The zero-order valence-corrected chi connectivity index (χ0v) is 13.0. The van der Waals surface area contributed by atoms with Crippen LogP contribution in [0.1, 0.15) is 36.9 Å². The van der Waals surface area contributed by atoms with E-state index in [1.165, 1.54) is 12.8 Å². The molecule has 22 heavy (non-hydrogen) atoms. The predicted molar refractivity (Wildman–Crippen MR) is 84.1 cm³/mol. The third kappa shape index (κ3) is 3.83. The highest BCUT2D eigenvalue weighted by molar-refractivity contribution is 5.28. The number of piperidine rings is 2. The number of nitrogens with zero attached hydrogens (tertiary/aromatic N) is 4. The Balaban J connectivity index is 1.48. The van der Waals surface area contributed by atoms with Crippen molar-refractivity contribution in [2.24, 2.45) is 0 Å². The lowest BCUT2D eigenvalue weighted by Crippen LogP contribution is -2.48. The number of aromatic nitrogens is 1. The predicted octanol–water partition coefficient (Wildman–Crippen LogP) is 1.37. The molecule has 1 aromatic heterocycles. The van der Waals surface area contributed by atoms with Crippen molar-refractivity contribution in [3.05, 3.63) is 29.6 Å². The first-order valence-electron chi connectivity index (χ1n) is 8.24. The number of rotatable bonds is 3. The molecule has 0 amide bonds. The van der Waals surface area contributed by atoms with Crippen molar-refractivity contribution in [2.75, 3.05) is 26.2 Å². The Morgan fingerprint density at radius 1 is 1.18 bits per heavy atom. The van der Waals surface area contributed by atoms with E-state index in [4.69, 9.17) is 5.26 Å². The SMILES string of the molecule is N#Cc1ccnc(CN2CCC(N3CCC(O)CC3)CC2)c1. The maximum absolute atomic E-state index is 9.61. The zero-order valence-electron chi connectivity index (χ0n) is 13.0. The van der Waals surface area contributed by atoms with Crippen molar-refractivity contribution in [1.29, 1.82) is 5.26 Å². The third-order valence-electron chi connectivity index (χ3n) is 4.90. The van der Waals surface area contributed by atoms with Gasteiger partial charge in [-0.15, -0.1) is 0 Å².